The predicted octanol–water partition coefficient (Wildman–Crippen LogP) is 3.37. The molecule has 0 radical (unpaired) electrons. The van der Waals surface area contributed by atoms with Crippen molar-refractivity contribution in [2.24, 2.45) is 0 Å². The highest BCUT2D eigenvalue weighted by Crippen LogP contribution is 2.37. The minimum absolute atomic E-state index is 0.00166. The molecule has 182 valence electrons. The van der Waals surface area contributed by atoms with E-state index in [0.29, 0.717) is 28.3 Å². The van der Waals surface area contributed by atoms with Gasteiger partial charge in [-0.2, -0.15) is 0 Å². The number of methoxy groups -OCH3 is 1. The average Bonchev–Trinajstić information content (AvgIpc) is 3.14. The molecule has 0 bridgehead atoms. The molecular formula is C27H22N2O7. The van der Waals surface area contributed by atoms with E-state index in [-0.39, 0.29) is 25.1 Å². The molecule has 0 saturated carbocycles. The van der Waals surface area contributed by atoms with Crippen molar-refractivity contribution >= 4 is 29.4 Å². The van der Waals surface area contributed by atoms with Crippen molar-refractivity contribution < 1.29 is 33.8 Å². The normalized spacial score (nSPS) is 16.5. The molecule has 1 unspecified atom stereocenters. The van der Waals surface area contributed by atoms with Crippen LogP contribution in [0.3, 0.4) is 0 Å². The molecule has 3 aromatic carbocycles. The Morgan fingerprint density at radius 2 is 1.61 bits per heavy atom. The van der Waals surface area contributed by atoms with Crippen molar-refractivity contribution in [3.05, 3.63) is 89.0 Å². The third-order valence-corrected chi connectivity index (χ3v) is 6.30. The second-order valence-electron chi connectivity index (χ2n) is 8.46. The summed E-state index contributed by atoms with van der Waals surface area (Å²) in [5, 5.41) is 9.44. The van der Waals surface area contributed by atoms with Crippen molar-refractivity contribution in [3.8, 4) is 11.5 Å². The van der Waals surface area contributed by atoms with Gasteiger partial charge >= 0.3 is 5.97 Å². The lowest BCUT2D eigenvalue weighted by Crippen LogP contribution is -2.47. The van der Waals surface area contributed by atoms with E-state index in [2.05, 4.69) is 0 Å². The van der Waals surface area contributed by atoms with Crippen LogP contribution in [0, 0.1) is 0 Å². The third kappa shape index (κ3) is 4.04. The van der Waals surface area contributed by atoms with Crippen LogP contribution in [0.1, 0.15) is 43.1 Å². The maximum Gasteiger partial charge on any atom is 0.335 e. The Hall–Kier alpha value is -4.66. The van der Waals surface area contributed by atoms with Gasteiger partial charge in [-0.3, -0.25) is 19.3 Å². The lowest BCUT2D eigenvalue weighted by molar-refractivity contribution is -0.126. The molecule has 0 fully saturated rings. The van der Waals surface area contributed by atoms with Crippen LogP contribution in [-0.4, -0.2) is 53.5 Å². The van der Waals surface area contributed by atoms with Gasteiger partial charge in [-0.1, -0.05) is 24.3 Å². The molecule has 3 aromatic rings. The highest BCUT2D eigenvalue weighted by Gasteiger charge is 2.39. The van der Waals surface area contributed by atoms with E-state index in [1.165, 1.54) is 23.1 Å². The van der Waals surface area contributed by atoms with Gasteiger partial charge in [0, 0.05) is 13.0 Å². The summed E-state index contributed by atoms with van der Waals surface area (Å²) in [5.74, 6) is -1.30. The second kappa shape index (κ2) is 9.18. The molecular weight excluding hydrogens is 464 g/mol. The summed E-state index contributed by atoms with van der Waals surface area (Å²) in [5.41, 5.74) is 1.84. The van der Waals surface area contributed by atoms with Crippen LogP contribution in [-0.2, 0) is 11.3 Å². The molecule has 2 aliphatic heterocycles. The minimum atomic E-state index is -1.12. The average molecular weight is 486 g/mol. The summed E-state index contributed by atoms with van der Waals surface area (Å²) in [6, 6.07) is 18.1. The van der Waals surface area contributed by atoms with E-state index in [9.17, 15) is 24.3 Å². The first-order chi connectivity index (χ1) is 17.4. The topological polar surface area (TPSA) is 113 Å². The summed E-state index contributed by atoms with van der Waals surface area (Å²) < 4.78 is 11.1. The lowest BCUT2D eigenvalue weighted by Gasteiger charge is -2.35. The fraction of sp³-hybridized carbons (Fsp3) is 0.185. The van der Waals surface area contributed by atoms with Gasteiger partial charge in [0.25, 0.3) is 17.7 Å². The van der Waals surface area contributed by atoms with Gasteiger partial charge in [0.1, 0.15) is 11.5 Å². The van der Waals surface area contributed by atoms with E-state index in [1.807, 2.05) is 12.1 Å². The van der Waals surface area contributed by atoms with Gasteiger partial charge in [0.05, 0.1) is 36.0 Å². The molecule has 0 aromatic heterocycles. The maximum absolute atomic E-state index is 13.5. The largest absolute Gasteiger partial charge is 0.497 e. The van der Waals surface area contributed by atoms with E-state index in [4.69, 9.17) is 9.47 Å². The fourth-order valence-electron chi connectivity index (χ4n) is 4.40. The molecule has 0 spiro atoms. The number of carbonyl (C=O) groups is 4. The van der Waals surface area contributed by atoms with Crippen LogP contribution < -0.4 is 14.4 Å². The number of carboxylic acid groups (broad SMARTS) is 1. The summed E-state index contributed by atoms with van der Waals surface area (Å²) in [6.45, 7) is 0.174. The molecule has 1 atom stereocenters. The van der Waals surface area contributed by atoms with Crippen LogP contribution in [0.15, 0.2) is 66.7 Å². The zero-order valence-corrected chi connectivity index (χ0v) is 19.3. The van der Waals surface area contributed by atoms with Gasteiger partial charge in [0.2, 0.25) is 0 Å². The van der Waals surface area contributed by atoms with Crippen molar-refractivity contribution in [3.63, 3.8) is 0 Å². The van der Waals surface area contributed by atoms with Crippen LogP contribution in [0.5, 0.6) is 11.5 Å². The number of amides is 3. The van der Waals surface area contributed by atoms with Gasteiger partial charge < -0.3 is 19.5 Å². The van der Waals surface area contributed by atoms with Crippen molar-refractivity contribution in [1.82, 2.24) is 4.90 Å². The number of hydrogen-bond acceptors (Lipinski definition) is 6. The Bertz CT molecular complexity index is 1350. The third-order valence-electron chi connectivity index (χ3n) is 6.30. The maximum atomic E-state index is 13.5. The molecule has 5 rings (SSSR count). The number of aromatic carboxylic acids is 1. The van der Waals surface area contributed by atoms with Crippen LogP contribution in [0.4, 0.5) is 5.69 Å². The van der Waals surface area contributed by atoms with Crippen LogP contribution in [0.2, 0.25) is 0 Å². The SMILES string of the molecule is COc1ccc(CN2C(=O)C(CCN3C(=O)c4ccccc4C3=O)Oc3ccc(C(=O)O)cc32)cc1. The number of hydrogen-bond donors (Lipinski definition) is 1. The molecule has 0 saturated heterocycles. The van der Waals surface area contributed by atoms with E-state index in [1.54, 1.807) is 43.5 Å². The zero-order valence-electron chi connectivity index (χ0n) is 19.3. The lowest BCUT2D eigenvalue weighted by atomic mass is 10.1. The second-order valence-corrected chi connectivity index (χ2v) is 8.46. The van der Waals surface area contributed by atoms with Gasteiger partial charge in [-0.25, -0.2) is 4.79 Å². The molecule has 1 N–H and O–H groups in total. The Morgan fingerprint density at radius 3 is 2.22 bits per heavy atom. The number of fused-ring (bicyclic) bond motifs is 2. The summed E-state index contributed by atoms with van der Waals surface area (Å²) in [7, 11) is 1.56. The molecule has 0 aliphatic carbocycles. The fourth-order valence-corrected chi connectivity index (χ4v) is 4.40. The smallest absolute Gasteiger partial charge is 0.335 e. The van der Waals surface area contributed by atoms with Crippen molar-refractivity contribution in [1.29, 1.82) is 0 Å². The number of anilines is 1. The van der Waals surface area contributed by atoms with Crippen LogP contribution >= 0.6 is 0 Å². The molecule has 9 heteroatoms. The van der Waals surface area contributed by atoms with E-state index >= 15 is 0 Å². The Labute approximate surface area is 206 Å². The standard InChI is InChI=1S/C27H22N2O7/c1-35-18-9-6-16(7-10-18)15-29-21-14-17(27(33)34)8-11-22(21)36-23(26(29)32)12-13-28-24(30)19-4-2-3-5-20(19)25(28)31/h2-11,14,23H,12-13,15H2,1H3,(H,33,34). The number of carbonyl (C=O) groups excluding carboxylic acids is 3. The monoisotopic (exact) mass is 486 g/mol. The highest BCUT2D eigenvalue weighted by molar-refractivity contribution is 6.21. The van der Waals surface area contributed by atoms with E-state index < -0.39 is 29.8 Å². The first-order valence-corrected chi connectivity index (χ1v) is 11.3. The molecule has 2 aliphatic rings. The van der Waals surface area contributed by atoms with Crippen LogP contribution in [0.25, 0.3) is 0 Å². The minimum Gasteiger partial charge on any atom is -0.497 e. The Kier molecular flexibility index (Phi) is 5.89. The first-order valence-electron chi connectivity index (χ1n) is 11.3. The quantitative estimate of drug-likeness (QED) is 0.510. The Morgan fingerprint density at radius 1 is 0.944 bits per heavy atom. The summed E-state index contributed by atoms with van der Waals surface area (Å²) in [6.07, 6.45) is -0.875. The summed E-state index contributed by atoms with van der Waals surface area (Å²) in [4.78, 5) is 53.1. The molecule has 2 heterocycles. The van der Waals surface area contributed by atoms with Gasteiger partial charge in [-0.15, -0.1) is 0 Å². The molecule has 9 nitrogen and oxygen atoms in total. The number of imide groups is 1. The highest BCUT2D eigenvalue weighted by atomic mass is 16.5. The van der Waals surface area contributed by atoms with Gasteiger partial charge in [0.15, 0.2) is 6.10 Å². The number of ether oxygens (including phenoxy) is 2. The molecule has 3 amide bonds. The van der Waals surface area contributed by atoms with Crippen molar-refractivity contribution in [2.45, 2.75) is 19.1 Å². The van der Waals surface area contributed by atoms with E-state index in [0.717, 1.165) is 10.5 Å². The molecule has 36 heavy (non-hydrogen) atoms. The number of nitrogens with zero attached hydrogens (tertiary/aromatic N) is 2. The van der Waals surface area contributed by atoms with Crippen molar-refractivity contribution in [2.75, 3.05) is 18.6 Å². The number of rotatable bonds is 7. The Balaban J connectivity index is 1.40. The summed E-state index contributed by atoms with van der Waals surface area (Å²) >= 11 is 0. The number of carboxylic acids is 1. The first kappa shape index (κ1) is 23.1. The van der Waals surface area contributed by atoms with Gasteiger partial charge in [-0.05, 0) is 48.0 Å². The predicted molar refractivity (Wildman–Crippen MR) is 128 cm³/mol. The zero-order chi connectivity index (χ0) is 25.4. The number of benzene rings is 3.